The number of nitriles is 1. The largest absolute Gasteiger partial charge is 0.334 e. The van der Waals surface area contributed by atoms with Gasteiger partial charge in [-0.25, -0.2) is 0 Å². The summed E-state index contributed by atoms with van der Waals surface area (Å²) in [6.07, 6.45) is 0. The standard InChI is InChI=1S/C21H20N4O2/c1-14(2)25(13-17-6-4-16(12-22)5-7-17)21(26)19-10-8-18(9-11-19)20-23-15(3)24-27-20/h4-11,14H,13H2,1-3H3. The van der Waals surface area contributed by atoms with Gasteiger partial charge in [0, 0.05) is 23.7 Å². The zero-order valence-corrected chi connectivity index (χ0v) is 15.5. The second-order valence-electron chi connectivity index (χ2n) is 6.56. The number of hydrogen-bond acceptors (Lipinski definition) is 5. The highest BCUT2D eigenvalue weighted by molar-refractivity contribution is 5.94. The van der Waals surface area contributed by atoms with Gasteiger partial charge < -0.3 is 9.42 Å². The number of amides is 1. The summed E-state index contributed by atoms with van der Waals surface area (Å²) in [6, 6.07) is 16.6. The third-order valence-corrected chi connectivity index (χ3v) is 4.23. The van der Waals surface area contributed by atoms with E-state index in [9.17, 15) is 4.79 Å². The van der Waals surface area contributed by atoms with Crippen molar-refractivity contribution >= 4 is 5.91 Å². The first-order valence-corrected chi connectivity index (χ1v) is 8.68. The van der Waals surface area contributed by atoms with Crippen LogP contribution in [-0.4, -0.2) is 27.0 Å². The summed E-state index contributed by atoms with van der Waals surface area (Å²) >= 11 is 0. The Kier molecular flexibility index (Phi) is 5.32. The van der Waals surface area contributed by atoms with Crippen LogP contribution in [0.25, 0.3) is 11.5 Å². The van der Waals surface area contributed by atoms with Crippen molar-refractivity contribution in [1.29, 1.82) is 5.26 Å². The van der Waals surface area contributed by atoms with Crippen molar-refractivity contribution in [2.45, 2.75) is 33.4 Å². The van der Waals surface area contributed by atoms with Crippen LogP contribution in [0, 0.1) is 18.3 Å². The maximum atomic E-state index is 13.0. The van der Waals surface area contributed by atoms with Crippen LogP contribution < -0.4 is 0 Å². The van der Waals surface area contributed by atoms with Gasteiger partial charge in [-0.05, 0) is 62.7 Å². The number of aromatic nitrogens is 2. The summed E-state index contributed by atoms with van der Waals surface area (Å²) < 4.78 is 5.15. The van der Waals surface area contributed by atoms with Crippen LogP contribution in [0.2, 0.25) is 0 Å². The molecule has 0 saturated carbocycles. The highest BCUT2D eigenvalue weighted by Gasteiger charge is 2.19. The molecule has 0 aliphatic heterocycles. The number of carbonyl (C=O) groups is 1. The monoisotopic (exact) mass is 360 g/mol. The van der Waals surface area contributed by atoms with Gasteiger partial charge in [0.05, 0.1) is 11.6 Å². The molecule has 6 nitrogen and oxygen atoms in total. The third-order valence-electron chi connectivity index (χ3n) is 4.23. The Morgan fingerprint density at radius 2 is 1.81 bits per heavy atom. The predicted molar refractivity (Wildman–Crippen MR) is 101 cm³/mol. The minimum atomic E-state index is -0.0531. The van der Waals surface area contributed by atoms with E-state index in [4.69, 9.17) is 9.78 Å². The second-order valence-corrected chi connectivity index (χ2v) is 6.56. The Hall–Kier alpha value is -3.46. The summed E-state index contributed by atoms with van der Waals surface area (Å²) in [5.74, 6) is 0.950. The van der Waals surface area contributed by atoms with E-state index in [2.05, 4.69) is 16.2 Å². The molecule has 136 valence electrons. The molecule has 0 aliphatic rings. The molecule has 0 bridgehead atoms. The van der Waals surface area contributed by atoms with Crippen LogP contribution in [0.3, 0.4) is 0 Å². The van der Waals surface area contributed by atoms with Crippen LogP contribution in [0.1, 0.15) is 41.2 Å². The van der Waals surface area contributed by atoms with E-state index in [1.165, 1.54) is 0 Å². The normalized spacial score (nSPS) is 10.6. The lowest BCUT2D eigenvalue weighted by Crippen LogP contribution is -2.36. The first-order chi connectivity index (χ1) is 13.0. The van der Waals surface area contributed by atoms with Gasteiger partial charge in [-0.15, -0.1) is 0 Å². The molecule has 0 spiro atoms. The topological polar surface area (TPSA) is 83.0 Å². The van der Waals surface area contributed by atoms with Crippen LogP contribution in [0.5, 0.6) is 0 Å². The maximum Gasteiger partial charge on any atom is 0.257 e. The van der Waals surface area contributed by atoms with Crippen LogP contribution in [-0.2, 0) is 6.54 Å². The fraction of sp³-hybridized carbons (Fsp3) is 0.238. The molecule has 0 aliphatic carbocycles. The lowest BCUT2D eigenvalue weighted by Gasteiger charge is -2.27. The number of nitrogens with zero attached hydrogens (tertiary/aromatic N) is 4. The van der Waals surface area contributed by atoms with Gasteiger partial charge >= 0.3 is 0 Å². The van der Waals surface area contributed by atoms with Gasteiger partial charge in [-0.3, -0.25) is 4.79 Å². The lowest BCUT2D eigenvalue weighted by atomic mass is 10.1. The molecule has 2 aromatic carbocycles. The van der Waals surface area contributed by atoms with Crippen molar-refractivity contribution in [2.24, 2.45) is 0 Å². The fourth-order valence-corrected chi connectivity index (χ4v) is 2.71. The van der Waals surface area contributed by atoms with Crippen LogP contribution in [0.15, 0.2) is 53.1 Å². The average Bonchev–Trinajstić information content (AvgIpc) is 3.12. The van der Waals surface area contributed by atoms with Gasteiger partial charge in [-0.1, -0.05) is 17.3 Å². The van der Waals surface area contributed by atoms with Crippen molar-refractivity contribution in [1.82, 2.24) is 15.0 Å². The second kappa shape index (κ2) is 7.83. The summed E-state index contributed by atoms with van der Waals surface area (Å²) in [6.45, 7) is 6.20. The van der Waals surface area contributed by atoms with E-state index < -0.39 is 0 Å². The minimum absolute atomic E-state index is 0.0337. The number of carbonyl (C=O) groups excluding carboxylic acids is 1. The number of aryl methyl sites for hydroxylation is 1. The molecule has 27 heavy (non-hydrogen) atoms. The molecule has 1 aromatic heterocycles. The first-order valence-electron chi connectivity index (χ1n) is 8.68. The highest BCUT2D eigenvalue weighted by Crippen LogP contribution is 2.20. The van der Waals surface area contributed by atoms with Gasteiger partial charge in [0.1, 0.15) is 0 Å². The predicted octanol–water partition coefficient (Wildman–Crippen LogP) is 3.97. The van der Waals surface area contributed by atoms with Crippen molar-refractivity contribution in [3.05, 3.63) is 71.0 Å². The van der Waals surface area contributed by atoms with E-state index in [1.54, 1.807) is 48.2 Å². The van der Waals surface area contributed by atoms with Gasteiger partial charge in [-0.2, -0.15) is 10.2 Å². The number of hydrogen-bond donors (Lipinski definition) is 0. The summed E-state index contributed by atoms with van der Waals surface area (Å²) in [7, 11) is 0. The quantitative estimate of drug-likeness (QED) is 0.687. The summed E-state index contributed by atoms with van der Waals surface area (Å²) in [5.41, 5.74) is 2.95. The Bertz CT molecular complexity index is 967. The number of rotatable bonds is 5. The Balaban J connectivity index is 1.79. The molecule has 3 aromatic rings. The lowest BCUT2D eigenvalue weighted by molar-refractivity contribution is 0.0690. The molecular weight excluding hydrogens is 340 g/mol. The zero-order chi connectivity index (χ0) is 19.4. The Morgan fingerprint density at radius 1 is 1.15 bits per heavy atom. The summed E-state index contributed by atoms with van der Waals surface area (Å²) in [5, 5.41) is 12.7. The third kappa shape index (κ3) is 4.21. The molecule has 6 heteroatoms. The molecule has 0 saturated heterocycles. The molecular formula is C21H20N4O2. The average molecular weight is 360 g/mol. The Labute approximate surface area is 158 Å². The minimum Gasteiger partial charge on any atom is -0.334 e. The number of benzene rings is 2. The molecule has 1 heterocycles. The van der Waals surface area contributed by atoms with E-state index >= 15 is 0 Å². The van der Waals surface area contributed by atoms with E-state index in [1.807, 2.05) is 26.0 Å². The van der Waals surface area contributed by atoms with Crippen molar-refractivity contribution < 1.29 is 9.32 Å². The Morgan fingerprint density at radius 3 is 2.33 bits per heavy atom. The molecule has 0 unspecified atom stereocenters. The molecule has 0 atom stereocenters. The molecule has 0 radical (unpaired) electrons. The van der Waals surface area contributed by atoms with Crippen LogP contribution in [0.4, 0.5) is 0 Å². The fourth-order valence-electron chi connectivity index (χ4n) is 2.71. The zero-order valence-electron chi connectivity index (χ0n) is 15.5. The van der Waals surface area contributed by atoms with Crippen molar-refractivity contribution in [2.75, 3.05) is 0 Å². The SMILES string of the molecule is Cc1noc(-c2ccc(C(=O)N(Cc3ccc(C#N)cc3)C(C)C)cc2)n1. The van der Waals surface area contributed by atoms with Gasteiger partial charge in [0.25, 0.3) is 11.8 Å². The molecule has 1 amide bonds. The molecule has 3 rings (SSSR count). The van der Waals surface area contributed by atoms with Gasteiger partial charge in [0.2, 0.25) is 0 Å². The molecule has 0 N–H and O–H groups in total. The van der Waals surface area contributed by atoms with Crippen molar-refractivity contribution in [3.8, 4) is 17.5 Å². The van der Waals surface area contributed by atoms with E-state index in [0.717, 1.165) is 11.1 Å². The van der Waals surface area contributed by atoms with E-state index in [0.29, 0.717) is 29.4 Å². The summed E-state index contributed by atoms with van der Waals surface area (Å²) in [4.78, 5) is 19.0. The smallest absolute Gasteiger partial charge is 0.257 e. The van der Waals surface area contributed by atoms with Gasteiger partial charge in [0.15, 0.2) is 5.82 Å². The molecule has 0 fully saturated rings. The van der Waals surface area contributed by atoms with Crippen molar-refractivity contribution in [3.63, 3.8) is 0 Å². The first kappa shape index (κ1) is 18.3. The van der Waals surface area contributed by atoms with Crippen LogP contribution >= 0.6 is 0 Å². The van der Waals surface area contributed by atoms with E-state index in [-0.39, 0.29) is 11.9 Å². The maximum absolute atomic E-state index is 13.0. The highest BCUT2D eigenvalue weighted by atomic mass is 16.5.